The van der Waals surface area contributed by atoms with Gasteiger partial charge in [-0.3, -0.25) is 15.6 Å². The molecule has 0 bridgehead atoms. The van der Waals surface area contributed by atoms with Gasteiger partial charge in [0.1, 0.15) is 5.75 Å². The standard InChI is InChI=1S/C17H24ClN3O3S/c1-10-7-13(18)8-11(2)15(10)24-12(3)16(22)20-21-17(25)19-9-14-5-4-6-23-14/h7-8,12,14H,4-6,9H2,1-3H3,(H,20,22)(H2,19,21,25)/t12-,14+/m0/s1. The van der Waals surface area contributed by atoms with Crippen LogP contribution < -0.4 is 20.9 Å². The maximum atomic E-state index is 12.2. The van der Waals surface area contributed by atoms with E-state index in [1.54, 1.807) is 19.1 Å². The van der Waals surface area contributed by atoms with Crippen molar-refractivity contribution in [2.75, 3.05) is 13.2 Å². The second kappa shape index (κ2) is 9.22. The Morgan fingerprint density at radius 3 is 2.68 bits per heavy atom. The number of carbonyl (C=O) groups is 1. The fraction of sp³-hybridized carbons (Fsp3) is 0.529. The molecule has 1 aromatic carbocycles. The van der Waals surface area contributed by atoms with Crippen molar-refractivity contribution in [3.63, 3.8) is 0 Å². The third-order valence-corrected chi connectivity index (χ3v) is 4.37. The molecule has 0 spiro atoms. The summed E-state index contributed by atoms with van der Waals surface area (Å²) >= 11 is 11.1. The van der Waals surface area contributed by atoms with Gasteiger partial charge in [0.15, 0.2) is 11.2 Å². The summed E-state index contributed by atoms with van der Waals surface area (Å²) < 4.78 is 11.3. The number of halogens is 1. The molecule has 0 aromatic heterocycles. The van der Waals surface area contributed by atoms with E-state index in [1.165, 1.54) is 0 Å². The number of benzene rings is 1. The number of nitrogens with one attached hydrogen (secondary N) is 3. The van der Waals surface area contributed by atoms with Crippen molar-refractivity contribution in [2.24, 2.45) is 0 Å². The third kappa shape index (κ3) is 6.02. The van der Waals surface area contributed by atoms with Crippen LogP contribution in [0.2, 0.25) is 5.02 Å². The Morgan fingerprint density at radius 2 is 2.08 bits per heavy atom. The molecule has 2 rings (SSSR count). The smallest absolute Gasteiger partial charge is 0.279 e. The van der Waals surface area contributed by atoms with Crippen LogP contribution in [0.4, 0.5) is 0 Å². The Bertz CT molecular complexity index is 613. The Balaban J connectivity index is 1.77. The monoisotopic (exact) mass is 385 g/mol. The van der Waals surface area contributed by atoms with Crippen LogP contribution in [0.25, 0.3) is 0 Å². The molecule has 0 unspecified atom stereocenters. The maximum absolute atomic E-state index is 12.2. The molecular formula is C17H24ClN3O3S. The van der Waals surface area contributed by atoms with Gasteiger partial charge < -0.3 is 14.8 Å². The van der Waals surface area contributed by atoms with Crippen LogP contribution in [0.5, 0.6) is 5.75 Å². The minimum atomic E-state index is -0.688. The van der Waals surface area contributed by atoms with E-state index in [9.17, 15) is 4.79 Å². The summed E-state index contributed by atoms with van der Waals surface area (Å²) in [6, 6.07) is 3.60. The predicted octanol–water partition coefficient (Wildman–Crippen LogP) is 2.40. The van der Waals surface area contributed by atoms with Gasteiger partial charge in [-0.25, -0.2) is 0 Å². The maximum Gasteiger partial charge on any atom is 0.279 e. The summed E-state index contributed by atoms with van der Waals surface area (Å²) in [5.74, 6) is 0.334. The first kappa shape index (κ1) is 19.8. The number of aryl methyl sites for hydroxylation is 2. The highest BCUT2D eigenvalue weighted by Crippen LogP contribution is 2.27. The van der Waals surface area contributed by atoms with Crippen molar-refractivity contribution < 1.29 is 14.3 Å². The molecular weight excluding hydrogens is 362 g/mol. The first-order chi connectivity index (χ1) is 11.9. The highest BCUT2D eigenvalue weighted by Gasteiger charge is 2.18. The van der Waals surface area contributed by atoms with Gasteiger partial charge in [0.05, 0.1) is 6.10 Å². The van der Waals surface area contributed by atoms with Crippen molar-refractivity contribution in [1.29, 1.82) is 0 Å². The molecule has 1 saturated heterocycles. The normalized spacial score (nSPS) is 17.7. The van der Waals surface area contributed by atoms with E-state index in [1.807, 2.05) is 13.8 Å². The Morgan fingerprint density at radius 1 is 1.40 bits per heavy atom. The second-order valence-electron chi connectivity index (χ2n) is 6.09. The average molecular weight is 386 g/mol. The highest BCUT2D eigenvalue weighted by atomic mass is 35.5. The van der Waals surface area contributed by atoms with Gasteiger partial charge in [0.25, 0.3) is 5.91 Å². The zero-order chi connectivity index (χ0) is 18.4. The molecule has 0 aliphatic carbocycles. The summed E-state index contributed by atoms with van der Waals surface area (Å²) in [7, 11) is 0. The van der Waals surface area contributed by atoms with E-state index in [0.717, 1.165) is 30.6 Å². The lowest BCUT2D eigenvalue weighted by Gasteiger charge is -2.19. The molecule has 1 fully saturated rings. The number of hydrogen-bond acceptors (Lipinski definition) is 4. The Labute approximate surface area is 158 Å². The molecule has 1 aliphatic heterocycles. The van der Waals surface area contributed by atoms with E-state index < -0.39 is 6.10 Å². The predicted molar refractivity (Wildman–Crippen MR) is 102 cm³/mol. The van der Waals surface area contributed by atoms with Gasteiger partial charge in [-0.2, -0.15) is 0 Å². The molecule has 1 amide bonds. The summed E-state index contributed by atoms with van der Waals surface area (Å²) in [5, 5.41) is 4.00. The van der Waals surface area contributed by atoms with Crippen LogP contribution in [-0.4, -0.2) is 36.4 Å². The van der Waals surface area contributed by atoms with E-state index in [-0.39, 0.29) is 12.0 Å². The van der Waals surface area contributed by atoms with Crippen molar-refractivity contribution >= 4 is 34.8 Å². The van der Waals surface area contributed by atoms with E-state index in [2.05, 4.69) is 16.2 Å². The van der Waals surface area contributed by atoms with E-state index in [0.29, 0.717) is 22.4 Å². The van der Waals surface area contributed by atoms with Crippen LogP contribution in [0, 0.1) is 13.8 Å². The lowest BCUT2D eigenvalue weighted by Crippen LogP contribution is -2.51. The van der Waals surface area contributed by atoms with Crippen LogP contribution in [0.3, 0.4) is 0 Å². The lowest BCUT2D eigenvalue weighted by molar-refractivity contribution is -0.127. The molecule has 6 nitrogen and oxygen atoms in total. The van der Waals surface area contributed by atoms with Gasteiger partial charge >= 0.3 is 0 Å². The van der Waals surface area contributed by atoms with Crippen LogP contribution >= 0.6 is 23.8 Å². The summed E-state index contributed by atoms with van der Waals surface area (Å²) in [4.78, 5) is 12.2. The fourth-order valence-corrected chi connectivity index (χ4v) is 3.05. The zero-order valence-electron chi connectivity index (χ0n) is 14.6. The number of amides is 1. The topological polar surface area (TPSA) is 71.6 Å². The van der Waals surface area contributed by atoms with Gasteiger partial charge in [0, 0.05) is 18.2 Å². The third-order valence-electron chi connectivity index (χ3n) is 3.90. The zero-order valence-corrected chi connectivity index (χ0v) is 16.2. The average Bonchev–Trinajstić information content (AvgIpc) is 3.07. The Kier molecular flexibility index (Phi) is 7.28. The van der Waals surface area contributed by atoms with Crippen LogP contribution in [0.1, 0.15) is 30.9 Å². The van der Waals surface area contributed by atoms with E-state index in [4.69, 9.17) is 33.3 Å². The lowest BCUT2D eigenvalue weighted by atomic mass is 10.1. The molecule has 3 N–H and O–H groups in total. The number of thiocarbonyl (C=S) groups is 1. The molecule has 1 aromatic rings. The van der Waals surface area contributed by atoms with Gasteiger partial charge in [-0.1, -0.05) is 11.6 Å². The summed E-state index contributed by atoms with van der Waals surface area (Å²) in [6.45, 7) is 6.87. The molecule has 0 saturated carbocycles. The molecule has 138 valence electrons. The number of rotatable bonds is 5. The van der Waals surface area contributed by atoms with Crippen molar-refractivity contribution in [2.45, 2.75) is 45.8 Å². The fourth-order valence-electron chi connectivity index (χ4n) is 2.59. The number of hydrazine groups is 1. The largest absolute Gasteiger partial charge is 0.480 e. The summed E-state index contributed by atoms with van der Waals surface area (Å²) in [5.41, 5.74) is 6.98. The quantitative estimate of drug-likeness (QED) is 0.534. The Hall–Kier alpha value is -1.57. The summed E-state index contributed by atoms with van der Waals surface area (Å²) in [6.07, 6.45) is 1.58. The molecule has 25 heavy (non-hydrogen) atoms. The van der Waals surface area contributed by atoms with Crippen molar-refractivity contribution in [1.82, 2.24) is 16.2 Å². The van der Waals surface area contributed by atoms with Gasteiger partial charge in [0.2, 0.25) is 0 Å². The number of ether oxygens (including phenoxy) is 2. The van der Waals surface area contributed by atoms with E-state index >= 15 is 0 Å². The first-order valence-corrected chi connectivity index (χ1v) is 9.04. The first-order valence-electron chi connectivity index (χ1n) is 8.25. The SMILES string of the molecule is Cc1cc(Cl)cc(C)c1O[C@@H](C)C(=O)NNC(=S)NC[C@H]1CCCO1. The number of hydrogen-bond donors (Lipinski definition) is 3. The molecule has 2 atom stereocenters. The molecule has 1 heterocycles. The van der Waals surface area contributed by atoms with Crippen LogP contribution in [0.15, 0.2) is 12.1 Å². The minimum Gasteiger partial charge on any atom is -0.480 e. The highest BCUT2D eigenvalue weighted by molar-refractivity contribution is 7.80. The minimum absolute atomic E-state index is 0.175. The second-order valence-corrected chi connectivity index (χ2v) is 6.93. The molecule has 8 heteroatoms. The molecule has 1 aliphatic rings. The van der Waals surface area contributed by atoms with Crippen molar-refractivity contribution in [3.05, 3.63) is 28.3 Å². The van der Waals surface area contributed by atoms with Gasteiger partial charge in [-0.05, 0) is 69.1 Å². The number of carbonyl (C=O) groups excluding carboxylic acids is 1. The molecule has 0 radical (unpaired) electrons. The van der Waals surface area contributed by atoms with Crippen LogP contribution in [-0.2, 0) is 9.53 Å². The van der Waals surface area contributed by atoms with Gasteiger partial charge in [-0.15, -0.1) is 0 Å². The van der Waals surface area contributed by atoms with Crippen molar-refractivity contribution in [3.8, 4) is 5.75 Å².